The monoisotopic (exact) mass is 306 g/mol. The number of rotatable bonds is 4. The molecule has 0 bridgehead atoms. The van der Waals surface area contributed by atoms with E-state index in [-0.39, 0.29) is 17.8 Å². The number of nitrogens with one attached hydrogen (secondary N) is 3. The van der Waals surface area contributed by atoms with Crippen molar-refractivity contribution >= 4 is 23.2 Å². The van der Waals surface area contributed by atoms with Crippen LogP contribution in [0.2, 0.25) is 0 Å². The molecule has 1 aromatic heterocycles. The van der Waals surface area contributed by atoms with E-state index in [1.165, 1.54) is 12.3 Å². The Bertz CT molecular complexity index is 659. The van der Waals surface area contributed by atoms with Crippen LogP contribution in [-0.4, -0.2) is 17.1 Å². The molecule has 22 heavy (non-hydrogen) atoms. The molecule has 7 heteroatoms. The van der Waals surface area contributed by atoms with E-state index in [1.807, 2.05) is 13.8 Å². The molecule has 0 atom stereocenters. The summed E-state index contributed by atoms with van der Waals surface area (Å²) >= 11 is 0. The van der Waals surface area contributed by atoms with Crippen LogP contribution in [-0.2, 0) is 0 Å². The first-order valence-corrected chi connectivity index (χ1v) is 6.69. The third kappa shape index (κ3) is 4.41. The highest BCUT2D eigenvalue weighted by atomic mass is 19.1. The van der Waals surface area contributed by atoms with Crippen molar-refractivity contribution in [3.63, 3.8) is 0 Å². The van der Waals surface area contributed by atoms with E-state index < -0.39 is 11.6 Å². The second kappa shape index (κ2) is 6.84. The van der Waals surface area contributed by atoms with E-state index in [0.29, 0.717) is 11.5 Å². The fraction of sp³-hybridized carbons (Fsp3) is 0.200. The maximum Gasteiger partial charge on any atom is 0.319 e. The van der Waals surface area contributed by atoms with E-state index in [1.54, 1.807) is 12.1 Å². The lowest BCUT2D eigenvalue weighted by Crippen LogP contribution is -2.34. The molecule has 2 rings (SSSR count). The van der Waals surface area contributed by atoms with E-state index in [0.717, 1.165) is 12.1 Å². The number of carbonyl (C=O) groups is 1. The Morgan fingerprint density at radius 2 is 1.95 bits per heavy atom. The number of carbonyl (C=O) groups excluding carboxylic acids is 1. The largest absolute Gasteiger partial charge is 0.338 e. The highest BCUT2D eigenvalue weighted by molar-refractivity contribution is 5.89. The molecule has 0 saturated heterocycles. The van der Waals surface area contributed by atoms with Crippen molar-refractivity contribution in [1.29, 1.82) is 0 Å². The van der Waals surface area contributed by atoms with Crippen molar-refractivity contribution in [3.8, 4) is 0 Å². The van der Waals surface area contributed by atoms with Crippen LogP contribution < -0.4 is 16.0 Å². The molecule has 2 amide bonds. The zero-order valence-electron chi connectivity index (χ0n) is 12.2. The van der Waals surface area contributed by atoms with Crippen molar-refractivity contribution in [2.24, 2.45) is 0 Å². The molecule has 2 aromatic rings. The van der Waals surface area contributed by atoms with Crippen molar-refractivity contribution in [3.05, 3.63) is 48.2 Å². The van der Waals surface area contributed by atoms with Crippen LogP contribution in [0.5, 0.6) is 0 Å². The van der Waals surface area contributed by atoms with Crippen LogP contribution in [0.4, 0.5) is 30.8 Å². The standard InChI is InChI=1S/C15H16F2N4O/c1-9(2)19-15(22)20-11-4-6-14(18-8-11)21-13-5-3-10(16)7-12(13)17/h3-9H,1-2H3,(H,18,21)(H2,19,20,22). The Morgan fingerprint density at radius 3 is 2.55 bits per heavy atom. The summed E-state index contributed by atoms with van der Waals surface area (Å²) in [7, 11) is 0. The normalized spacial score (nSPS) is 10.4. The van der Waals surface area contributed by atoms with Gasteiger partial charge in [0.25, 0.3) is 0 Å². The fourth-order valence-corrected chi connectivity index (χ4v) is 1.70. The lowest BCUT2D eigenvalue weighted by molar-refractivity contribution is 0.250. The first-order chi connectivity index (χ1) is 10.4. The number of pyridine rings is 1. The molecule has 0 saturated carbocycles. The molecule has 1 heterocycles. The third-order valence-corrected chi connectivity index (χ3v) is 2.63. The third-order valence-electron chi connectivity index (χ3n) is 2.63. The van der Waals surface area contributed by atoms with Gasteiger partial charge in [0.1, 0.15) is 17.5 Å². The molecule has 0 spiro atoms. The SMILES string of the molecule is CC(C)NC(=O)Nc1ccc(Nc2ccc(F)cc2F)nc1. The van der Waals surface area contributed by atoms with E-state index in [4.69, 9.17) is 0 Å². The summed E-state index contributed by atoms with van der Waals surface area (Å²) in [5.41, 5.74) is 0.621. The quantitative estimate of drug-likeness (QED) is 0.808. The summed E-state index contributed by atoms with van der Waals surface area (Å²) in [5.74, 6) is -0.979. The van der Waals surface area contributed by atoms with Gasteiger partial charge in [-0.1, -0.05) is 0 Å². The van der Waals surface area contributed by atoms with Gasteiger partial charge in [0.15, 0.2) is 0 Å². The zero-order valence-corrected chi connectivity index (χ0v) is 12.2. The molecule has 1 aromatic carbocycles. The van der Waals surface area contributed by atoms with Crippen molar-refractivity contribution in [2.45, 2.75) is 19.9 Å². The molecular formula is C15H16F2N4O. The minimum atomic E-state index is -0.708. The first-order valence-electron chi connectivity index (χ1n) is 6.69. The van der Waals surface area contributed by atoms with Crippen molar-refractivity contribution in [2.75, 3.05) is 10.6 Å². The van der Waals surface area contributed by atoms with Crippen LogP contribution in [0.1, 0.15) is 13.8 Å². The number of nitrogens with zero attached hydrogens (tertiary/aromatic N) is 1. The number of anilines is 3. The Hall–Kier alpha value is -2.70. The molecular weight excluding hydrogens is 290 g/mol. The Morgan fingerprint density at radius 1 is 1.18 bits per heavy atom. The van der Waals surface area contributed by atoms with Crippen molar-refractivity contribution in [1.82, 2.24) is 10.3 Å². The molecule has 0 radical (unpaired) electrons. The first kappa shape index (κ1) is 15.7. The second-order valence-electron chi connectivity index (χ2n) is 4.93. The maximum atomic E-state index is 13.5. The predicted molar refractivity (Wildman–Crippen MR) is 81.2 cm³/mol. The molecule has 0 unspecified atom stereocenters. The van der Waals surface area contributed by atoms with Crippen LogP contribution in [0.15, 0.2) is 36.5 Å². The highest BCUT2D eigenvalue weighted by Crippen LogP contribution is 2.20. The number of amides is 2. The number of hydrogen-bond donors (Lipinski definition) is 3. The number of benzene rings is 1. The summed E-state index contributed by atoms with van der Waals surface area (Å²) < 4.78 is 26.3. The van der Waals surface area contributed by atoms with E-state index >= 15 is 0 Å². The van der Waals surface area contributed by atoms with Crippen LogP contribution in [0.3, 0.4) is 0 Å². The minimum absolute atomic E-state index is 0.0235. The number of aromatic nitrogens is 1. The molecule has 0 aliphatic heterocycles. The summed E-state index contributed by atoms with van der Waals surface area (Å²) in [5, 5.41) is 8.03. The Kier molecular flexibility index (Phi) is 4.88. The zero-order chi connectivity index (χ0) is 16.1. The molecule has 0 aliphatic carbocycles. The lowest BCUT2D eigenvalue weighted by Gasteiger charge is -2.11. The van der Waals surface area contributed by atoms with Crippen LogP contribution >= 0.6 is 0 Å². The van der Waals surface area contributed by atoms with E-state index in [9.17, 15) is 13.6 Å². The molecule has 3 N–H and O–H groups in total. The van der Waals surface area contributed by atoms with Gasteiger partial charge in [-0.05, 0) is 38.1 Å². The van der Waals surface area contributed by atoms with Gasteiger partial charge in [0.05, 0.1) is 17.6 Å². The second-order valence-corrected chi connectivity index (χ2v) is 4.93. The minimum Gasteiger partial charge on any atom is -0.338 e. The molecule has 0 fully saturated rings. The number of urea groups is 1. The fourth-order valence-electron chi connectivity index (χ4n) is 1.70. The van der Waals surface area contributed by atoms with Gasteiger partial charge in [-0.25, -0.2) is 18.6 Å². The van der Waals surface area contributed by atoms with Gasteiger partial charge in [-0.2, -0.15) is 0 Å². The molecule has 116 valence electrons. The molecule has 5 nitrogen and oxygen atoms in total. The average Bonchev–Trinajstić information content (AvgIpc) is 2.43. The maximum absolute atomic E-state index is 13.5. The number of halogens is 2. The number of hydrogen-bond acceptors (Lipinski definition) is 3. The van der Waals surface area contributed by atoms with Gasteiger partial charge >= 0.3 is 6.03 Å². The van der Waals surface area contributed by atoms with Gasteiger partial charge in [0, 0.05) is 12.1 Å². The summed E-state index contributed by atoms with van der Waals surface area (Å²) in [6.45, 7) is 3.70. The lowest BCUT2D eigenvalue weighted by atomic mass is 10.3. The van der Waals surface area contributed by atoms with E-state index in [2.05, 4.69) is 20.9 Å². The highest BCUT2D eigenvalue weighted by Gasteiger charge is 2.06. The summed E-state index contributed by atoms with van der Waals surface area (Å²) in [6, 6.07) is 6.11. The summed E-state index contributed by atoms with van der Waals surface area (Å²) in [4.78, 5) is 15.6. The Balaban J connectivity index is 2.01. The van der Waals surface area contributed by atoms with Gasteiger partial charge < -0.3 is 16.0 Å². The van der Waals surface area contributed by atoms with Crippen LogP contribution in [0, 0.1) is 11.6 Å². The van der Waals surface area contributed by atoms with Crippen molar-refractivity contribution < 1.29 is 13.6 Å². The molecule has 0 aliphatic rings. The Labute approximate surface area is 126 Å². The topological polar surface area (TPSA) is 66.1 Å². The average molecular weight is 306 g/mol. The predicted octanol–water partition coefficient (Wildman–Crippen LogP) is 3.63. The smallest absolute Gasteiger partial charge is 0.319 e. The van der Waals surface area contributed by atoms with Gasteiger partial charge in [-0.15, -0.1) is 0 Å². The summed E-state index contributed by atoms with van der Waals surface area (Å²) in [6.07, 6.45) is 1.43. The van der Waals surface area contributed by atoms with Gasteiger partial charge in [0.2, 0.25) is 0 Å². The van der Waals surface area contributed by atoms with Crippen LogP contribution in [0.25, 0.3) is 0 Å². The van der Waals surface area contributed by atoms with Gasteiger partial charge in [-0.3, -0.25) is 0 Å².